The second kappa shape index (κ2) is 6.66. The van der Waals surface area contributed by atoms with E-state index >= 15 is 0 Å². The third kappa shape index (κ3) is 3.19. The monoisotopic (exact) mass is 325 g/mol. The lowest BCUT2D eigenvalue weighted by atomic mass is 10.1. The van der Waals surface area contributed by atoms with E-state index in [0.29, 0.717) is 17.3 Å². The first-order chi connectivity index (χ1) is 11.6. The zero-order valence-electron chi connectivity index (χ0n) is 13.7. The predicted molar refractivity (Wildman–Crippen MR) is 91.0 cm³/mol. The highest BCUT2D eigenvalue weighted by atomic mass is 16.2. The first kappa shape index (κ1) is 15.9. The van der Waals surface area contributed by atoms with Crippen LogP contribution in [0.1, 0.15) is 28.3 Å². The van der Waals surface area contributed by atoms with Gasteiger partial charge in [0.1, 0.15) is 0 Å². The number of aromatic nitrogens is 4. The molecule has 0 radical (unpaired) electrons. The molecule has 2 aromatic heterocycles. The van der Waals surface area contributed by atoms with Crippen molar-refractivity contribution in [3.05, 3.63) is 57.8 Å². The second-order valence-corrected chi connectivity index (χ2v) is 5.71. The van der Waals surface area contributed by atoms with Crippen LogP contribution in [0.2, 0.25) is 0 Å². The van der Waals surface area contributed by atoms with E-state index in [9.17, 15) is 9.59 Å². The fraction of sp³-hybridized carbons (Fsp3) is 0.294. The van der Waals surface area contributed by atoms with Crippen molar-refractivity contribution in [3.8, 4) is 0 Å². The number of hydrogen-bond donors (Lipinski definition) is 2. The number of nitrogens with zero attached hydrogens (tertiary/aromatic N) is 3. The summed E-state index contributed by atoms with van der Waals surface area (Å²) in [7, 11) is 0. The highest BCUT2D eigenvalue weighted by Crippen LogP contribution is 2.12. The van der Waals surface area contributed by atoms with Gasteiger partial charge in [-0.15, -0.1) is 0 Å². The Kier molecular flexibility index (Phi) is 4.41. The van der Waals surface area contributed by atoms with Gasteiger partial charge in [-0.2, -0.15) is 10.2 Å². The molecule has 2 heterocycles. The van der Waals surface area contributed by atoms with Gasteiger partial charge < -0.3 is 5.32 Å². The molecule has 124 valence electrons. The summed E-state index contributed by atoms with van der Waals surface area (Å²) in [6, 6.07) is 8.96. The lowest BCUT2D eigenvalue weighted by Crippen LogP contribution is -2.28. The van der Waals surface area contributed by atoms with E-state index in [2.05, 4.69) is 20.6 Å². The molecule has 2 N–H and O–H groups in total. The summed E-state index contributed by atoms with van der Waals surface area (Å²) in [5.41, 5.74) is 2.02. The van der Waals surface area contributed by atoms with Crippen molar-refractivity contribution in [1.29, 1.82) is 0 Å². The average Bonchev–Trinajstić information content (AvgIpc) is 2.89. The van der Waals surface area contributed by atoms with E-state index in [1.807, 2.05) is 24.6 Å². The summed E-state index contributed by atoms with van der Waals surface area (Å²) in [5.74, 6) is -0.296. The highest BCUT2D eigenvalue weighted by molar-refractivity contribution is 6.04. The van der Waals surface area contributed by atoms with Crippen molar-refractivity contribution in [2.75, 3.05) is 6.54 Å². The summed E-state index contributed by atoms with van der Waals surface area (Å²) < 4.78 is 1.93. The molecule has 1 aromatic carbocycles. The molecule has 0 bridgehead atoms. The lowest BCUT2D eigenvalue weighted by molar-refractivity contribution is 0.0948. The summed E-state index contributed by atoms with van der Waals surface area (Å²) >= 11 is 0. The minimum Gasteiger partial charge on any atom is -0.351 e. The molecule has 0 spiro atoms. The Morgan fingerprint density at radius 1 is 1.25 bits per heavy atom. The van der Waals surface area contributed by atoms with Crippen molar-refractivity contribution in [2.45, 2.75) is 26.8 Å². The Morgan fingerprint density at radius 2 is 2.00 bits per heavy atom. The standard InChI is InChI=1S/C17H19N5O2/c1-11-10-12(2)22(21-11)9-5-8-18-17(24)15-13-6-3-4-7-14(13)16(23)20-19-15/h3-4,6-7,10H,5,8-9H2,1-2H3,(H,18,24)(H,20,23). The van der Waals surface area contributed by atoms with Gasteiger partial charge in [0.15, 0.2) is 5.69 Å². The van der Waals surface area contributed by atoms with Gasteiger partial charge in [0.25, 0.3) is 11.5 Å². The van der Waals surface area contributed by atoms with Crippen LogP contribution in [0.25, 0.3) is 10.8 Å². The van der Waals surface area contributed by atoms with Gasteiger partial charge in [-0.1, -0.05) is 18.2 Å². The number of benzene rings is 1. The number of carbonyl (C=O) groups excluding carboxylic acids is 1. The zero-order valence-corrected chi connectivity index (χ0v) is 13.7. The van der Waals surface area contributed by atoms with Crippen LogP contribution >= 0.6 is 0 Å². The summed E-state index contributed by atoms with van der Waals surface area (Å²) in [4.78, 5) is 24.1. The number of rotatable bonds is 5. The second-order valence-electron chi connectivity index (χ2n) is 5.71. The Bertz CT molecular complexity index is 942. The molecule has 0 aliphatic carbocycles. The quantitative estimate of drug-likeness (QED) is 0.696. The molecule has 0 atom stereocenters. The molecule has 0 fully saturated rings. The Hall–Kier alpha value is -2.96. The first-order valence-corrected chi connectivity index (χ1v) is 7.83. The lowest BCUT2D eigenvalue weighted by Gasteiger charge is -2.07. The van der Waals surface area contributed by atoms with E-state index in [1.54, 1.807) is 24.3 Å². The molecule has 3 rings (SSSR count). The number of aryl methyl sites for hydroxylation is 3. The van der Waals surface area contributed by atoms with Crippen LogP contribution in [0.4, 0.5) is 0 Å². The van der Waals surface area contributed by atoms with E-state index < -0.39 is 0 Å². The molecule has 0 saturated carbocycles. The smallest absolute Gasteiger partial charge is 0.272 e. The molecule has 7 heteroatoms. The van der Waals surface area contributed by atoms with E-state index in [0.717, 1.165) is 24.4 Å². The van der Waals surface area contributed by atoms with Crippen LogP contribution in [0.5, 0.6) is 0 Å². The molecule has 7 nitrogen and oxygen atoms in total. The molecule has 24 heavy (non-hydrogen) atoms. The molecule has 1 amide bonds. The molecular formula is C17H19N5O2. The number of hydrogen-bond acceptors (Lipinski definition) is 4. The average molecular weight is 325 g/mol. The number of fused-ring (bicyclic) bond motifs is 1. The van der Waals surface area contributed by atoms with Crippen molar-refractivity contribution >= 4 is 16.7 Å². The van der Waals surface area contributed by atoms with Gasteiger partial charge in [0, 0.05) is 24.2 Å². The van der Waals surface area contributed by atoms with E-state index in [1.165, 1.54) is 0 Å². The summed E-state index contributed by atoms with van der Waals surface area (Å²) in [6.45, 7) is 5.21. The van der Waals surface area contributed by atoms with Crippen molar-refractivity contribution in [1.82, 2.24) is 25.3 Å². The molecule has 0 unspecified atom stereocenters. The van der Waals surface area contributed by atoms with Crippen LogP contribution in [-0.4, -0.2) is 32.4 Å². The van der Waals surface area contributed by atoms with Crippen molar-refractivity contribution in [3.63, 3.8) is 0 Å². The van der Waals surface area contributed by atoms with Crippen LogP contribution < -0.4 is 10.9 Å². The Labute approximate surface area is 138 Å². The summed E-state index contributed by atoms with van der Waals surface area (Å²) in [6.07, 6.45) is 0.759. The maximum atomic E-state index is 12.3. The largest absolute Gasteiger partial charge is 0.351 e. The maximum absolute atomic E-state index is 12.3. The van der Waals surface area contributed by atoms with Crippen LogP contribution in [0, 0.1) is 13.8 Å². The normalized spacial score (nSPS) is 10.9. The SMILES string of the molecule is Cc1cc(C)n(CCCNC(=O)c2n[nH]c(=O)c3ccccc23)n1. The van der Waals surface area contributed by atoms with Gasteiger partial charge in [0.2, 0.25) is 0 Å². The minimum atomic E-state index is -0.299. The van der Waals surface area contributed by atoms with Gasteiger partial charge in [0.05, 0.1) is 11.1 Å². The number of amides is 1. The minimum absolute atomic E-state index is 0.233. The Morgan fingerprint density at radius 3 is 2.71 bits per heavy atom. The van der Waals surface area contributed by atoms with Crippen molar-refractivity contribution < 1.29 is 4.79 Å². The predicted octanol–water partition coefficient (Wildman–Crippen LogP) is 1.56. The van der Waals surface area contributed by atoms with Crippen LogP contribution in [0.3, 0.4) is 0 Å². The zero-order chi connectivity index (χ0) is 17.1. The third-order valence-electron chi connectivity index (χ3n) is 3.85. The topological polar surface area (TPSA) is 92.7 Å². The summed E-state index contributed by atoms with van der Waals surface area (Å²) in [5, 5.41) is 14.5. The molecule has 3 aromatic rings. The maximum Gasteiger partial charge on any atom is 0.272 e. The van der Waals surface area contributed by atoms with E-state index in [-0.39, 0.29) is 17.2 Å². The van der Waals surface area contributed by atoms with E-state index in [4.69, 9.17) is 0 Å². The van der Waals surface area contributed by atoms with Crippen LogP contribution in [0.15, 0.2) is 35.1 Å². The number of carbonyl (C=O) groups is 1. The number of H-pyrrole nitrogens is 1. The van der Waals surface area contributed by atoms with Gasteiger partial charge >= 0.3 is 0 Å². The fourth-order valence-corrected chi connectivity index (χ4v) is 2.70. The number of nitrogens with one attached hydrogen (secondary N) is 2. The third-order valence-corrected chi connectivity index (χ3v) is 3.85. The van der Waals surface area contributed by atoms with Gasteiger partial charge in [-0.25, -0.2) is 5.10 Å². The van der Waals surface area contributed by atoms with Gasteiger partial charge in [-0.05, 0) is 32.4 Å². The Balaban J connectivity index is 1.65. The van der Waals surface area contributed by atoms with Crippen LogP contribution in [-0.2, 0) is 6.54 Å². The molecular weight excluding hydrogens is 306 g/mol. The molecule has 0 aliphatic rings. The molecule has 0 aliphatic heterocycles. The van der Waals surface area contributed by atoms with Crippen molar-refractivity contribution in [2.24, 2.45) is 0 Å². The van der Waals surface area contributed by atoms with Gasteiger partial charge in [-0.3, -0.25) is 14.3 Å². The fourth-order valence-electron chi connectivity index (χ4n) is 2.70. The first-order valence-electron chi connectivity index (χ1n) is 7.83. The highest BCUT2D eigenvalue weighted by Gasteiger charge is 2.13. The molecule has 0 saturated heterocycles. The number of aromatic amines is 1.